The van der Waals surface area contributed by atoms with Crippen LogP contribution in [0.2, 0.25) is 0 Å². The number of nitrogens with two attached hydrogens (primary N) is 1. The van der Waals surface area contributed by atoms with Gasteiger partial charge in [-0.2, -0.15) is 0 Å². The predicted molar refractivity (Wildman–Crippen MR) is 56.5 cm³/mol. The molecule has 2 heteroatoms. The molecule has 0 amide bonds. The Kier molecular flexibility index (Phi) is 4.50. The summed E-state index contributed by atoms with van der Waals surface area (Å²) in [6, 6.07) is 10.3. The Morgan fingerprint density at radius 3 is 2.62 bits per heavy atom. The Bertz CT molecular complexity index is 221. The summed E-state index contributed by atoms with van der Waals surface area (Å²) in [5.74, 6) is 0.313. The first-order valence-electron chi connectivity index (χ1n) is 4.63. The van der Waals surface area contributed by atoms with Crippen molar-refractivity contribution in [2.45, 2.75) is 5.92 Å². The zero-order valence-electron chi connectivity index (χ0n) is 7.87. The van der Waals surface area contributed by atoms with Crippen molar-refractivity contribution >= 4 is 0 Å². The molecule has 0 saturated heterocycles. The average molecular weight is 177 g/mol. The standard InChI is InChI=1S/C11H17N2/c1-10(9-13-8-7-12)11-5-3-2-4-6-11/h2-6,10,13H,1,7-9,12H2. The number of benzene rings is 1. The van der Waals surface area contributed by atoms with Gasteiger partial charge in [0.2, 0.25) is 0 Å². The molecule has 1 radical (unpaired) electrons. The van der Waals surface area contributed by atoms with Crippen LogP contribution in [0.1, 0.15) is 11.5 Å². The van der Waals surface area contributed by atoms with Crippen LogP contribution in [0, 0.1) is 6.92 Å². The largest absolute Gasteiger partial charge is 0.329 e. The van der Waals surface area contributed by atoms with Crippen LogP contribution in [0.15, 0.2) is 30.3 Å². The topological polar surface area (TPSA) is 38.0 Å². The molecular weight excluding hydrogens is 160 g/mol. The Balaban J connectivity index is 2.35. The van der Waals surface area contributed by atoms with Gasteiger partial charge in [0.15, 0.2) is 0 Å². The fourth-order valence-electron chi connectivity index (χ4n) is 1.22. The van der Waals surface area contributed by atoms with E-state index in [9.17, 15) is 0 Å². The van der Waals surface area contributed by atoms with E-state index in [-0.39, 0.29) is 0 Å². The van der Waals surface area contributed by atoms with Gasteiger partial charge in [0.25, 0.3) is 0 Å². The van der Waals surface area contributed by atoms with Crippen LogP contribution >= 0.6 is 0 Å². The molecule has 0 bridgehead atoms. The minimum atomic E-state index is 0.313. The lowest BCUT2D eigenvalue weighted by Gasteiger charge is -2.11. The quantitative estimate of drug-likeness (QED) is 0.662. The van der Waals surface area contributed by atoms with Crippen LogP contribution < -0.4 is 11.1 Å². The van der Waals surface area contributed by atoms with Gasteiger partial charge in [-0.25, -0.2) is 0 Å². The third kappa shape index (κ3) is 3.57. The smallest absolute Gasteiger partial charge is 0.00747 e. The van der Waals surface area contributed by atoms with E-state index >= 15 is 0 Å². The lowest BCUT2D eigenvalue weighted by molar-refractivity contribution is 0.649. The zero-order valence-corrected chi connectivity index (χ0v) is 7.87. The molecule has 0 heterocycles. The van der Waals surface area contributed by atoms with Crippen LogP contribution in [0.25, 0.3) is 0 Å². The molecule has 3 N–H and O–H groups in total. The van der Waals surface area contributed by atoms with Gasteiger partial charge in [-0.3, -0.25) is 0 Å². The Morgan fingerprint density at radius 2 is 2.00 bits per heavy atom. The highest BCUT2D eigenvalue weighted by atomic mass is 14.9. The lowest BCUT2D eigenvalue weighted by Crippen LogP contribution is -2.26. The van der Waals surface area contributed by atoms with E-state index in [1.165, 1.54) is 5.56 Å². The molecule has 1 aromatic rings. The van der Waals surface area contributed by atoms with Gasteiger partial charge in [-0.05, 0) is 18.4 Å². The van der Waals surface area contributed by atoms with Crippen LogP contribution in [-0.4, -0.2) is 19.6 Å². The Hall–Kier alpha value is -0.860. The summed E-state index contributed by atoms with van der Waals surface area (Å²) in [5.41, 5.74) is 6.64. The third-order valence-corrected chi connectivity index (χ3v) is 1.98. The Morgan fingerprint density at radius 1 is 1.31 bits per heavy atom. The molecule has 0 aromatic heterocycles. The van der Waals surface area contributed by atoms with Crippen molar-refractivity contribution in [1.82, 2.24) is 5.32 Å². The molecule has 2 nitrogen and oxygen atoms in total. The molecule has 13 heavy (non-hydrogen) atoms. The molecule has 1 rings (SSSR count). The summed E-state index contributed by atoms with van der Waals surface area (Å²) in [5, 5.41) is 3.25. The number of hydrogen-bond donors (Lipinski definition) is 2. The molecule has 0 spiro atoms. The van der Waals surface area contributed by atoms with E-state index in [1.54, 1.807) is 0 Å². The SMILES string of the molecule is [CH2]C(CNCCN)c1ccccc1. The van der Waals surface area contributed by atoms with Gasteiger partial charge in [0, 0.05) is 19.6 Å². The summed E-state index contributed by atoms with van der Waals surface area (Å²) in [7, 11) is 0. The molecule has 0 aliphatic rings. The first-order valence-corrected chi connectivity index (χ1v) is 4.63. The average Bonchev–Trinajstić information content (AvgIpc) is 2.19. The Labute approximate surface area is 80.1 Å². The van der Waals surface area contributed by atoms with Crippen LogP contribution in [0.5, 0.6) is 0 Å². The zero-order chi connectivity index (χ0) is 9.52. The van der Waals surface area contributed by atoms with Crippen molar-refractivity contribution in [3.05, 3.63) is 42.8 Å². The highest BCUT2D eigenvalue weighted by Crippen LogP contribution is 2.12. The monoisotopic (exact) mass is 177 g/mol. The summed E-state index contributed by atoms with van der Waals surface area (Å²) < 4.78 is 0. The van der Waals surface area contributed by atoms with E-state index in [1.807, 2.05) is 18.2 Å². The minimum Gasteiger partial charge on any atom is -0.329 e. The molecule has 1 unspecified atom stereocenters. The maximum Gasteiger partial charge on any atom is 0.00747 e. The van der Waals surface area contributed by atoms with Crippen molar-refractivity contribution in [2.24, 2.45) is 5.73 Å². The van der Waals surface area contributed by atoms with E-state index in [0.29, 0.717) is 12.5 Å². The van der Waals surface area contributed by atoms with E-state index in [2.05, 4.69) is 24.4 Å². The summed E-state index contributed by atoms with van der Waals surface area (Å²) >= 11 is 0. The van der Waals surface area contributed by atoms with Crippen molar-refractivity contribution in [2.75, 3.05) is 19.6 Å². The van der Waals surface area contributed by atoms with Crippen LogP contribution in [-0.2, 0) is 0 Å². The fourth-order valence-corrected chi connectivity index (χ4v) is 1.22. The van der Waals surface area contributed by atoms with Gasteiger partial charge in [-0.15, -0.1) is 0 Å². The molecule has 71 valence electrons. The van der Waals surface area contributed by atoms with Gasteiger partial charge >= 0.3 is 0 Å². The lowest BCUT2D eigenvalue weighted by atomic mass is 10.0. The summed E-state index contributed by atoms with van der Waals surface area (Å²) in [6.45, 7) is 6.51. The number of nitrogens with one attached hydrogen (secondary N) is 1. The predicted octanol–water partition coefficient (Wildman–Crippen LogP) is 1.15. The van der Waals surface area contributed by atoms with Crippen molar-refractivity contribution in [1.29, 1.82) is 0 Å². The maximum atomic E-state index is 5.37. The van der Waals surface area contributed by atoms with Crippen molar-refractivity contribution in [3.8, 4) is 0 Å². The maximum absolute atomic E-state index is 5.37. The summed E-state index contributed by atoms with van der Waals surface area (Å²) in [4.78, 5) is 0. The first kappa shape index (κ1) is 10.2. The molecule has 0 saturated carbocycles. The highest BCUT2D eigenvalue weighted by Gasteiger charge is 2.02. The van der Waals surface area contributed by atoms with Crippen LogP contribution in [0.3, 0.4) is 0 Å². The second-order valence-electron chi connectivity index (χ2n) is 3.10. The normalized spacial score (nSPS) is 12.8. The third-order valence-electron chi connectivity index (χ3n) is 1.98. The highest BCUT2D eigenvalue weighted by molar-refractivity contribution is 5.20. The van der Waals surface area contributed by atoms with Gasteiger partial charge in [0.05, 0.1) is 0 Å². The molecule has 1 atom stereocenters. The molecule has 1 aromatic carbocycles. The fraction of sp³-hybridized carbons (Fsp3) is 0.364. The second-order valence-corrected chi connectivity index (χ2v) is 3.10. The van der Waals surface area contributed by atoms with Gasteiger partial charge in [-0.1, -0.05) is 30.3 Å². The van der Waals surface area contributed by atoms with Crippen molar-refractivity contribution < 1.29 is 0 Å². The van der Waals surface area contributed by atoms with E-state index < -0.39 is 0 Å². The molecule has 0 fully saturated rings. The second kappa shape index (κ2) is 5.73. The van der Waals surface area contributed by atoms with Gasteiger partial charge < -0.3 is 11.1 Å². The van der Waals surface area contributed by atoms with E-state index in [0.717, 1.165) is 13.1 Å². The van der Waals surface area contributed by atoms with Gasteiger partial charge in [0.1, 0.15) is 0 Å². The van der Waals surface area contributed by atoms with Crippen LogP contribution in [0.4, 0.5) is 0 Å². The van der Waals surface area contributed by atoms with E-state index in [4.69, 9.17) is 5.73 Å². The molecular formula is C11H17N2. The minimum absolute atomic E-state index is 0.313. The van der Waals surface area contributed by atoms with Crippen molar-refractivity contribution in [3.63, 3.8) is 0 Å². The number of rotatable bonds is 5. The number of hydrogen-bond acceptors (Lipinski definition) is 2. The molecule has 0 aliphatic heterocycles. The molecule has 0 aliphatic carbocycles. The summed E-state index contributed by atoms with van der Waals surface area (Å²) in [6.07, 6.45) is 0. The first-order chi connectivity index (χ1) is 6.34.